The number of furan rings is 1. The molecule has 0 bridgehead atoms. The van der Waals surface area contributed by atoms with Crippen molar-refractivity contribution in [2.24, 2.45) is 0 Å². The van der Waals surface area contributed by atoms with E-state index in [9.17, 15) is 9.59 Å². The molecule has 4 rings (SSSR count). The van der Waals surface area contributed by atoms with Gasteiger partial charge in [-0.25, -0.2) is 0 Å². The van der Waals surface area contributed by atoms with E-state index in [1.807, 2.05) is 42.5 Å². The predicted molar refractivity (Wildman–Crippen MR) is 147 cm³/mol. The molecule has 39 heavy (non-hydrogen) atoms. The van der Waals surface area contributed by atoms with E-state index >= 15 is 0 Å². The minimum Gasteiger partial charge on any atom is -0.497 e. The Bertz CT molecular complexity index is 1210. The van der Waals surface area contributed by atoms with Crippen LogP contribution in [0.4, 0.5) is 5.69 Å². The van der Waals surface area contributed by atoms with Crippen molar-refractivity contribution in [1.82, 2.24) is 15.5 Å². The Labute approximate surface area is 228 Å². The maximum absolute atomic E-state index is 12.6. The lowest BCUT2D eigenvalue weighted by Crippen LogP contribution is -2.50. The Hall–Kier alpha value is -4.18. The summed E-state index contributed by atoms with van der Waals surface area (Å²) in [7, 11) is 4.81. The minimum absolute atomic E-state index is 0.179. The van der Waals surface area contributed by atoms with Gasteiger partial charge in [0.15, 0.2) is 11.5 Å². The van der Waals surface area contributed by atoms with E-state index in [4.69, 9.17) is 18.6 Å². The summed E-state index contributed by atoms with van der Waals surface area (Å²) in [6, 6.07) is 17.2. The molecule has 0 saturated carbocycles. The monoisotopic (exact) mass is 536 g/mol. The highest BCUT2D eigenvalue weighted by atomic mass is 16.5. The predicted octanol–water partition coefficient (Wildman–Crippen LogP) is 2.64. The van der Waals surface area contributed by atoms with Gasteiger partial charge in [0.1, 0.15) is 11.5 Å². The van der Waals surface area contributed by atoms with Crippen LogP contribution in [0.2, 0.25) is 0 Å². The molecule has 0 unspecified atom stereocenters. The van der Waals surface area contributed by atoms with Gasteiger partial charge < -0.3 is 34.2 Å². The highest BCUT2D eigenvalue weighted by Crippen LogP contribution is 2.28. The maximum Gasteiger partial charge on any atom is 0.309 e. The number of piperazine rings is 1. The lowest BCUT2D eigenvalue weighted by molar-refractivity contribution is -0.139. The molecule has 208 valence electrons. The van der Waals surface area contributed by atoms with Crippen molar-refractivity contribution in [2.45, 2.75) is 12.5 Å². The zero-order valence-corrected chi connectivity index (χ0v) is 22.6. The quantitative estimate of drug-likeness (QED) is 0.361. The Balaban J connectivity index is 1.27. The Morgan fingerprint density at radius 3 is 2.23 bits per heavy atom. The molecule has 10 nitrogen and oxygen atoms in total. The van der Waals surface area contributed by atoms with Gasteiger partial charge in [0.2, 0.25) is 0 Å². The van der Waals surface area contributed by atoms with Crippen LogP contribution in [-0.4, -0.2) is 77.3 Å². The number of nitrogens with one attached hydrogen (secondary N) is 2. The van der Waals surface area contributed by atoms with Gasteiger partial charge in [-0.3, -0.25) is 14.5 Å². The van der Waals surface area contributed by atoms with E-state index in [0.717, 1.165) is 48.9 Å². The Morgan fingerprint density at radius 2 is 1.59 bits per heavy atom. The fourth-order valence-corrected chi connectivity index (χ4v) is 4.68. The summed E-state index contributed by atoms with van der Waals surface area (Å²) in [5.74, 6) is 1.50. The van der Waals surface area contributed by atoms with Crippen molar-refractivity contribution < 1.29 is 28.2 Å². The number of amides is 2. The number of nitrogens with zero attached hydrogens (tertiary/aromatic N) is 2. The number of benzene rings is 2. The van der Waals surface area contributed by atoms with Crippen LogP contribution < -0.4 is 29.7 Å². The van der Waals surface area contributed by atoms with Crippen LogP contribution in [-0.2, 0) is 16.0 Å². The molecular weight excluding hydrogens is 500 g/mol. The molecule has 1 aliphatic heterocycles. The standard InChI is InChI=1S/C29H36N4O6/c1-36-23-9-7-22(8-10-23)32-14-16-33(17-15-32)24(25-5-4-18-39-25)20-31-29(35)28(34)30-13-12-21-6-11-26(37-2)27(19-21)38-3/h4-11,18-19,24H,12-17,20H2,1-3H3,(H,30,34)(H,31,35)/t24-/m1/s1. The van der Waals surface area contributed by atoms with Crippen LogP contribution in [0.15, 0.2) is 65.3 Å². The van der Waals surface area contributed by atoms with E-state index in [0.29, 0.717) is 24.5 Å². The maximum atomic E-state index is 12.6. The van der Waals surface area contributed by atoms with Crippen LogP contribution in [0.25, 0.3) is 0 Å². The van der Waals surface area contributed by atoms with Crippen LogP contribution in [0.5, 0.6) is 17.2 Å². The van der Waals surface area contributed by atoms with Crippen molar-refractivity contribution >= 4 is 17.5 Å². The van der Waals surface area contributed by atoms with E-state index in [1.165, 1.54) is 0 Å². The second kappa shape index (κ2) is 13.6. The summed E-state index contributed by atoms with van der Waals surface area (Å²) < 4.78 is 21.5. The SMILES string of the molecule is COc1ccc(N2CCN([C@H](CNC(=O)C(=O)NCCc3ccc(OC)c(OC)c3)c3ccco3)CC2)cc1. The van der Waals surface area contributed by atoms with Gasteiger partial charge in [0, 0.05) is 45.0 Å². The molecule has 2 N–H and O–H groups in total. The number of carbonyl (C=O) groups is 2. The van der Waals surface area contributed by atoms with E-state index in [-0.39, 0.29) is 12.6 Å². The smallest absolute Gasteiger partial charge is 0.309 e. The molecule has 10 heteroatoms. The van der Waals surface area contributed by atoms with Gasteiger partial charge >= 0.3 is 11.8 Å². The average molecular weight is 537 g/mol. The summed E-state index contributed by atoms with van der Waals surface area (Å²) in [5, 5.41) is 5.48. The largest absolute Gasteiger partial charge is 0.497 e. The van der Waals surface area contributed by atoms with Gasteiger partial charge in [-0.15, -0.1) is 0 Å². The molecule has 1 fully saturated rings. The third kappa shape index (κ3) is 7.23. The van der Waals surface area contributed by atoms with Gasteiger partial charge in [0.05, 0.1) is 33.6 Å². The highest BCUT2D eigenvalue weighted by Gasteiger charge is 2.28. The summed E-state index contributed by atoms with van der Waals surface area (Å²) >= 11 is 0. The average Bonchev–Trinajstić information content (AvgIpc) is 3.52. The number of rotatable bonds is 11. The molecule has 1 saturated heterocycles. The third-order valence-corrected chi connectivity index (χ3v) is 6.87. The topological polar surface area (TPSA) is 106 Å². The molecule has 0 spiro atoms. The van der Waals surface area contributed by atoms with Gasteiger partial charge in [-0.1, -0.05) is 6.07 Å². The normalized spacial score (nSPS) is 14.4. The van der Waals surface area contributed by atoms with Crippen LogP contribution in [0, 0.1) is 0 Å². The van der Waals surface area contributed by atoms with Crippen molar-refractivity contribution in [3.05, 3.63) is 72.2 Å². The van der Waals surface area contributed by atoms with Crippen molar-refractivity contribution in [1.29, 1.82) is 0 Å². The highest BCUT2D eigenvalue weighted by molar-refractivity contribution is 6.35. The molecule has 0 radical (unpaired) electrons. The van der Waals surface area contributed by atoms with Crippen LogP contribution >= 0.6 is 0 Å². The fourth-order valence-electron chi connectivity index (χ4n) is 4.68. The van der Waals surface area contributed by atoms with Crippen LogP contribution in [0.1, 0.15) is 17.4 Å². The first-order valence-corrected chi connectivity index (χ1v) is 13.0. The van der Waals surface area contributed by atoms with Gasteiger partial charge in [-0.05, 0) is 60.5 Å². The summed E-state index contributed by atoms with van der Waals surface area (Å²) in [6.45, 7) is 3.80. The van der Waals surface area contributed by atoms with Crippen molar-refractivity contribution in [3.63, 3.8) is 0 Å². The summed E-state index contributed by atoms with van der Waals surface area (Å²) in [4.78, 5) is 29.6. The fraction of sp³-hybridized carbons (Fsp3) is 0.379. The van der Waals surface area contributed by atoms with Crippen LogP contribution in [0.3, 0.4) is 0 Å². The van der Waals surface area contributed by atoms with Gasteiger partial charge in [0.25, 0.3) is 0 Å². The number of methoxy groups -OCH3 is 3. The molecule has 3 aromatic rings. The first-order valence-electron chi connectivity index (χ1n) is 13.0. The number of ether oxygens (including phenoxy) is 3. The number of anilines is 1. The molecule has 1 aromatic heterocycles. The number of hydrogen-bond acceptors (Lipinski definition) is 8. The first kappa shape index (κ1) is 27.8. The van der Waals surface area contributed by atoms with E-state index in [2.05, 4.69) is 32.6 Å². The molecule has 2 aromatic carbocycles. The Kier molecular flexibility index (Phi) is 9.69. The summed E-state index contributed by atoms with van der Waals surface area (Å²) in [6.07, 6.45) is 2.17. The molecule has 2 heterocycles. The lowest BCUT2D eigenvalue weighted by Gasteiger charge is -2.39. The molecule has 2 amide bonds. The number of carbonyl (C=O) groups excluding carboxylic acids is 2. The van der Waals surface area contributed by atoms with E-state index < -0.39 is 11.8 Å². The molecule has 1 atom stereocenters. The zero-order valence-electron chi connectivity index (χ0n) is 22.6. The second-order valence-electron chi connectivity index (χ2n) is 9.16. The van der Waals surface area contributed by atoms with E-state index in [1.54, 1.807) is 27.6 Å². The van der Waals surface area contributed by atoms with Gasteiger partial charge in [-0.2, -0.15) is 0 Å². The molecule has 1 aliphatic rings. The molecule has 0 aliphatic carbocycles. The van der Waals surface area contributed by atoms with Crippen molar-refractivity contribution in [3.8, 4) is 17.2 Å². The zero-order chi connectivity index (χ0) is 27.6. The third-order valence-electron chi connectivity index (χ3n) is 6.87. The second-order valence-corrected chi connectivity index (χ2v) is 9.16. The summed E-state index contributed by atoms with van der Waals surface area (Å²) in [5.41, 5.74) is 2.10. The van der Waals surface area contributed by atoms with Crippen molar-refractivity contribution in [2.75, 3.05) is 65.5 Å². The Morgan fingerprint density at radius 1 is 0.872 bits per heavy atom. The molecular formula is C29H36N4O6. The minimum atomic E-state index is -0.671. The lowest BCUT2D eigenvalue weighted by atomic mass is 10.1. The first-order chi connectivity index (χ1) is 19.0. The number of hydrogen-bond donors (Lipinski definition) is 2.